The van der Waals surface area contributed by atoms with Crippen LogP contribution in [-0.2, 0) is 15.8 Å². The van der Waals surface area contributed by atoms with Crippen LogP contribution in [0.5, 0.6) is 0 Å². The van der Waals surface area contributed by atoms with Gasteiger partial charge in [0, 0.05) is 31.9 Å². The molecule has 2 rings (SSSR count). The average molecular weight is 417 g/mol. The van der Waals surface area contributed by atoms with Gasteiger partial charge >= 0.3 is 6.18 Å². The van der Waals surface area contributed by atoms with Gasteiger partial charge in [0.25, 0.3) is 5.91 Å². The summed E-state index contributed by atoms with van der Waals surface area (Å²) >= 11 is 0. The number of anilines is 1. The predicted molar refractivity (Wildman–Crippen MR) is 99.1 cm³/mol. The van der Waals surface area contributed by atoms with E-state index in [2.05, 4.69) is 0 Å². The number of carbonyl (C=O) groups excluding carboxylic acids is 2. The first-order valence-electron chi connectivity index (χ1n) is 9.37. The summed E-state index contributed by atoms with van der Waals surface area (Å²) in [6, 6.07) is 4.85. The van der Waals surface area contributed by atoms with E-state index in [0.717, 1.165) is 12.1 Å². The molecule has 0 aliphatic carbocycles. The van der Waals surface area contributed by atoms with E-state index in [1.165, 1.54) is 22.5 Å². The first kappa shape index (κ1) is 23.0. The standard InChI is InChI=1S/C19H26F3N3O4/c1-12(2)11-15(16(26)17(27)23-29)18(28)25-9-7-24(8-10-25)14-5-3-13(4-6-14)19(20,21)22/h3-6,12,15-16,26,29H,7-11H2,1-2H3,(H,23,27). The molecule has 0 spiro atoms. The maximum atomic E-state index is 12.9. The summed E-state index contributed by atoms with van der Waals surface area (Å²) in [7, 11) is 0. The second-order valence-corrected chi connectivity index (χ2v) is 7.51. The maximum Gasteiger partial charge on any atom is 0.416 e. The monoisotopic (exact) mass is 417 g/mol. The number of aliphatic hydroxyl groups is 1. The molecule has 1 heterocycles. The highest BCUT2D eigenvalue weighted by molar-refractivity contribution is 5.88. The zero-order valence-corrected chi connectivity index (χ0v) is 16.3. The Hall–Kier alpha value is -2.33. The molecular formula is C19H26F3N3O4. The van der Waals surface area contributed by atoms with Crippen molar-refractivity contribution < 1.29 is 33.1 Å². The van der Waals surface area contributed by atoms with Crippen LogP contribution in [0.3, 0.4) is 0 Å². The van der Waals surface area contributed by atoms with Crippen molar-refractivity contribution in [2.45, 2.75) is 32.5 Å². The van der Waals surface area contributed by atoms with E-state index in [9.17, 15) is 27.9 Å². The molecule has 162 valence electrons. The van der Waals surface area contributed by atoms with Gasteiger partial charge in [0.15, 0.2) is 0 Å². The molecule has 2 amide bonds. The Morgan fingerprint density at radius 2 is 1.66 bits per heavy atom. The van der Waals surface area contributed by atoms with E-state index in [4.69, 9.17) is 5.21 Å². The number of alkyl halides is 3. The third-order valence-corrected chi connectivity index (χ3v) is 4.95. The fraction of sp³-hybridized carbons (Fsp3) is 0.579. The Labute approximate surface area is 167 Å². The van der Waals surface area contributed by atoms with Crippen LogP contribution in [0, 0.1) is 11.8 Å². The number of aliphatic hydroxyl groups excluding tert-OH is 1. The summed E-state index contributed by atoms with van der Waals surface area (Å²) in [5.74, 6) is -2.37. The molecule has 0 bridgehead atoms. The van der Waals surface area contributed by atoms with Crippen molar-refractivity contribution in [3.8, 4) is 0 Å². The highest BCUT2D eigenvalue weighted by Crippen LogP contribution is 2.31. The van der Waals surface area contributed by atoms with E-state index in [-0.39, 0.29) is 18.2 Å². The Bertz CT molecular complexity index is 702. The van der Waals surface area contributed by atoms with Gasteiger partial charge in [-0.2, -0.15) is 13.2 Å². The minimum Gasteiger partial charge on any atom is -0.382 e. The molecular weight excluding hydrogens is 391 g/mol. The van der Waals surface area contributed by atoms with Crippen LogP contribution < -0.4 is 10.4 Å². The van der Waals surface area contributed by atoms with E-state index in [1.54, 1.807) is 0 Å². The molecule has 1 aromatic rings. The zero-order valence-electron chi connectivity index (χ0n) is 16.3. The van der Waals surface area contributed by atoms with Crippen molar-refractivity contribution in [2.75, 3.05) is 31.1 Å². The minimum atomic E-state index is -4.39. The normalized spacial score (nSPS) is 17.2. The van der Waals surface area contributed by atoms with Crippen LogP contribution in [0.25, 0.3) is 0 Å². The molecule has 1 aromatic carbocycles. The molecule has 29 heavy (non-hydrogen) atoms. The Kier molecular flexibility index (Phi) is 7.48. The highest BCUT2D eigenvalue weighted by atomic mass is 19.4. The molecule has 1 aliphatic rings. The minimum absolute atomic E-state index is 0.0403. The van der Waals surface area contributed by atoms with Crippen LogP contribution in [0.1, 0.15) is 25.8 Å². The van der Waals surface area contributed by atoms with Crippen molar-refractivity contribution in [3.05, 3.63) is 29.8 Å². The third kappa shape index (κ3) is 5.83. The number of rotatable bonds is 6. The Balaban J connectivity index is 2.02. The fourth-order valence-electron chi connectivity index (χ4n) is 3.40. The lowest BCUT2D eigenvalue weighted by Crippen LogP contribution is -2.53. The predicted octanol–water partition coefficient (Wildman–Crippen LogP) is 1.88. The van der Waals surface area contributed by atoms with Crippen LogP contribution in [0.2, 0.25) is 0 Å². The Morgan fingerprint density at radius 3 is 2.10 bits per heavy atom. The van der Waals surface area contributed by atoms with Gasteiger partial charge in [-0.25, -0.2) is 5.48 Å². The summed E-state index contributed by atoms with van der Waals surface area (Å²) < 4.78 is 38.1. The number of amides is 2. The largest absolute Gasteiger partial charge is 0.416 e. The molecule has 2 atom stereocenters. The molecule has 0 radical (unpaired) electrons. The summed E-state index contributed by atoms with van der Waals surface area (Å²) in [6.45, 7) is 5.14. The lowest BCUT2D eigenvalue weighted by Gasteiger charge is -2.38. The molecule has 2 unspecified atom stereocenters. The number of halogens is 3. The zero-order chi connectivity index (χ0) is 21.8. The lowest BCUT2D eigenvalue weighted by atomic mass is 9.90. The van der Waals surface area contributed by atoms with E-state index in [1.807, 2.05) is 18.7 Å². The van der Waals surface area contributed by atoms with Crippen molar-refractivity contribution in [3.63, 3.8) is 0 Å². The van der Waals surface area contributed by atoms with Crippen LogP contribution in [-0.4, -0.2) is 59.3 Å². The second kappa shape index (κ2) is 9.45. The van der Waals surface area contributed by atoms with Crippen molar-refractivity contribution in [1.29, 1.82) is 0 Å². The smallest absolute Gasteiger partial charge is 0.382 e. The number of piperazine rings is 1. The average Bonchev–Trinajstić information content (AvgIpc) is 2.70. The van der Waals surface area contributed by atoms with Gasteiger partial charge in [-0.05, 0) is 36.6 Å². The molecule has 7 nitrogen and oxygen atoms in total. The number of nitrogens with zero attached hydrogens (tertiary/aromatic N) is 2. The first-order chi connectivity index (χ1) is 13.5. The first-order valence-corrected chi connectivity index (χ1v) is 9.37. The summed E-state index contributed by atoms with van der Waals surface area (Å²) in [4.78, 5) is 27.8. The molecule has 0 aromatic heterocycles. The van der Waals surface area contributed by atoms with Gasteiger partial charge in [-0.15, -0.1) is 0 Å². The van der Waals surface area contributed by atoms with Crippen LogP contribution in [0.15, 0.2) is 24.3 Å². The number of hydroxylamine groups is 1. The van der Waals surface area contributed by atoms with Gasteiger partial charge in [0.05, 0.1) is 11.5 Å². The SMILES string of the molecule is CC(C)CC(C(=O)N1CCN(c2ccc(C(F)(F)F)cc2)CC1)C(O)C(=O)NO. The van der Waals surface area contributed by atoms with Crippen LogP contribution in [0.4, 0.5) is 18.9 Å². The number of nitrogens with one attached hydrogen (secondary N) is 1. The summed E-state index contributed by atoms with van der Waals surface area (Å²) in [5.41, 5.74) is 1.28. The van der Waals surface area contributed by atoms with Gasteiger partial charge in [-0.3, -0.25) is 14.8 Å². The molecule has 10 heteroatoms. The van der Waals surface area contributed by atoms with Gasteiger partial charge in [0.2, 0.25) is 5.91 Å². The number of hydrogen-bond acceptors (Lipinski definition) is 5. The number of benzene rings is 1. The van der Waals surface area contributed by atoms with E-state index in [0.29, 0.717) is 31.9 Å². The molecule has 0 saturated carbocycles. The van der Waals surface area contributed by atoms with Gasteiger partial charge < -0.3 is 14.9 Å². The van der Waals surface area contributed by atoms with Gasteiger partial charge in [0.1, 0.15) is 6.10 Å². The van der Waals surface area contributed by atoms with Crippen LogP contribution >= 0.6 is 0 Å². The molecule has 1 fully saturated rings. The highest BCUT2D eigenvalue weighted by Gasteiger charge is 2.36. The number of carbonyl (C=O) groups is 2. The topological polar surface area (TPSA) is 93.1 Å². The summed E-state index contributed by atoms with van der Waals surface area (Å²) in [5, 5.41) is 18.9. The van der Waals surface area contributed by atoms with E-state index < -0.39 is 29.7 Å². The number of hydrogen-bond donors (Lipinski definition) is 3. The Morgan fingerprint density at radius 1 is 1.10 bits per heavy atom. The fourth-order valence-corrected chi connectivity index (χ4v) is 3.40. The summed E-state index contributed by atoms with van der Waals surface area (Å²) in [6.07, 6.45) is -5.79. The van der Waals surface area contributed by atoms with Crippen molar-refractivity contribution in [1.82, 2.24) is 10.4 Å². The third-order valence-electron chi connectivity index (χ3n) is 4.95. The molecule has 3 N–H and O–H groups in total. The quantitative estimate of drug-likeness (QED) is 0.486. The van der Waals surface area contributed by atoms with Gasteiger partial charge in [-0.1, -0.05) is 13.8 Å². The lowest BCUT2D eigenvalue weighted by molar-refractivity contribution is -0.151. The molecule has 1 aliphatic heterocycles. The maximum absolute atomic E-state index is 12.9. The van der Waals surface area contributed by atoms with E-state index >= 15 is 0 Å². The van der Waals surface area contributed by atoms with Crippen molar-refractivity contribution >= 4 is 17.5 Å². The second-order valence-electron chi connectivity index (χ2n) is 7.51. The van der Waals surface area contributed by atoms with Crippen molar-refractivity contribution in [2.24, 2.45) is 11.8 Å². The molecule has 1 saturated heterocycles.